The lowest BCUT2D eigenvalue weighted by Crippen LogP contribution is -2.33. The number of carbonyl (C=O) groups excluding carboxylic acids is 1. The maximum Gasteiger partial charge on any atom is 0.251 e. The molecule has 1 fully saturated rings. The minimum Gasteiger partial charge on any atom is -0.350 e. The maximum atomic E-state index is 12.3. The lowest BCUT2D eigenvalue weighted by Gasteiger charge is -2.15. The average Bonchev–Trinajstić information content (AvgIpc) is 3.14. The number of nitrogens with two attached hydrogens (primary N) is 1. The van der Waals surface area contributed by atoms with Gasteiger partial charge in [-0.3, -0.25) is 4.79 Å². The standard InChI is InChI=1S/C14H19ClN2O3S/c1-8(5-10-3-4-10)17-14(18)12-6-11(21(16,19)20)7-13(15)9(12)2/h6-8,10H,3-5H2,1-2H3,(H,17,18)(H2,16,19,20). The van der Waals surface area contributed by atoms with Gasteiger partial charge in [0.1, 0.15) is 0 Å². The SMILES string of the molecule is Cc1c(Cl)cc(S(N)(=O)=O)cc1C(=O)NC(C)CC1CC1. The Hall–Kier alpha value is -1.11. The second-order valence-corrected chi connectivity index (χ2v) is 7.64. The first-order valence-corrected chi connectivity index (χ1v) is 8.74. The van der Waals surface area contributed by atoms with Crippen LogP contribution in [0.25, 0.3) is 0 Å². The molecule has 7 heteroatoms. The Labute approximate surface area is 129 Å². The summed E-state index contributed by atoms with van der Waals surface area (Å²) in [5.74, 6) is 0.369. The van der Waals surface area contributed by atoms with Crippen LogP contribution >= 0.6 is 11.6 Å². The number of primary sulfonamides is 1. The molecule has 0 aromatic heterocycles. The fourth-order valence-electron chi connectivity index (χ4n) is 2.27. The van der Waals surface area contributed by atoms with Crippen LogP contribution in [0.4, 0.5) is 0 Å². The van der Waals surface area contributed by atoms with Gasteiger partial charge < -0.3 is 5.32 Å². The van der Waals surface area contributed by atoms with Crippen LogP contribution in [-0.4, -0.2) is 20.4 Å². The summed E-state index contributed by atoms with van der Waals surface area (Å²) in [7, 11) is -3.90. The highest BCUT2D eigenvalue weighted by Gasteiger charge is 2.25. The van der Waals surface area contributed by atoms with E-state index in [0.717, 1.165) is 6.42 Å². The molecule has 0 radical (unpaired) electrons. The molecule has 0 bridgehead atoms. The number of nitrogens with one attached hydrogen (secondary N) is 1. The van der Waals surface area contributed by atoms with Crippen LogP contribution in [0, 0.1) is 12.8 Å². The molecule has 1 amide bonds. The fraction of sp³-hybridized carbons (Fsp3) is 0.500. The van der Waals surface area contributed by atoms with Crippen molar-refractivity contribution in [3.63, 3.8) is 0 Å². The van der Waals surface area contributed by atoms with E-state index in [9.17, 15) is 13.2 Å². The number of hydrogen-bond acceptors (Lipinski definition) is 3. The molecule has 1 aliphatic carbocycles. The van der Waals surface area contributed by atoms with Crippen LogP contribution in [0.3, 0.4) is 0 Å². The third-order valence-electron chi connectivity index (χ3n) is 3.65. The lowest BCUT2D eigenvalue weighted by molar-refractivity contribution is 0.0936. The predicted octanol–water partition coefficient (Wildman–Crippen LogP) is 2.21. The van der Waals surface area contributed by atoms with E-state index >= 15 is 0 Å². The van der Waals surface area contributed by atoms with Gasteiger partial charge in [-0.15, -0.1) is 0 Å². The minimum absolute atomic E-state index is 0.0429. The molecule has 21 heavy (non-hydrogen) atoms. The van der Waals surface area contributed by atoms with Gasteiger partial charge in [0.25, 0.3) is 5.91 Å². The molecule has 1 aromatic rings. The number of sulfonamides is 1. The summed E-state index contributed by atoms with van der Waals surface area (Å²) in [4.78, 5) is 12.1. The Morgan fingerprint density at radius 2 is 2.10 bits per heavy atom. The van der Waals surface area contributed by atoms with Crippen molar-refractivity contribution in [1.29, 1.82) is 0 Å². The molecular formula is C14H19ClN2O3S. The molecule has 3 N–H and O–H groups in total. The number of carbonyl (C=O) groups is 1. The van der Waals surface area contributed by atoms with Crippen LogP contribution in [0.5, 0.6) is 0 Å². The zero-order valence-electron chi connectivity index (χ0n) is 12.0. The number of halogens is 1. The van der Waals surface area contributed by atoms with Crippen molar-refractivity contribution in [2.45, 2.75) is 44.0 Å². The second kappa shape index (κ2) is 5.94. The summed E-state index contributed by atoms with van der Waals surface area (Å²) in [6, 6.07) is 2.58. The smallest absolute Gasteiger partial charge is 0.251 e. The van der Waals surface area contributed by atoms with Crippen molar-refractivity contribution >= 4 is 27.5 Å². The van der Waals surface area contributed by atoms with Crippen LogP contribution in [0.1, 0.15) is 42.1 Å². The van der Waals surface area contributed by atoms with E-state index in [-0.39, 0.29) is 27.4 Å². The van der Waals surface area contributed by atoms with Crippen molar-refractivity contribution in [3.8, 4) is 0 Å². The Morgan fingerprint density at radius 1 is 1.48 bits per heavy atom. The largest absolute Gasteiger partial charge is 0.350 e. The van der Waals surface area contributed by atoms with E-state index in [1.165, 1.54) is 25.0 Å². The normalized spacial score (nSPS) is 16.6. The van der Waals surface area contributed by atoms with Crippen LogP contribution in [0.2, 0.25) is 5.02 Å². The molecule has 0 heterocycles. The first-order valence-electron chi connectivity index (χ1n) is 6.82. The van der Waals surface area contributed by atoms with Crippen LogP contribution in [0.15, 0.2) is 17.0 Å². The van der Waals surface area contributed by atoms with E-state index in [1.54, 1.807) is 6.92 Å². The first kappa shape index (κ1) is 16.3. The summed E-state index contributed by atoms with van der Waals surface area (Å²) in [5, 5.41) is 8.19. The van der Waals surface area contributed by atoms with E-state index in [1.807, 2.05) is 6.92 Å². The molecular weight excluding hydrogens is 312 g/mol. The number of benzene rings is 1. The molecule has 0 aliphatic heterocycles. The minimum atomic E-state index is -3.90. The number of rotatable bonds is 5. The highest BCUT2D eigenvalue weighted by Crippen LogP contribution is 2.33. The van der Waals surface area contributed by atoms with Gasteiger partial charge in [-0.2, -0.15) is 0 Å². The topological polar surface area (TPSA) is 89.3 Å². The number of amides is 1. The van der Waals surface area contributed by atoms with E-state index in [2.05, 4.69) is 5.32 Å². The second-order valence-electron chi connectivity index (χ2n) is 5.68. The van der Waals surface area contributed by atoms with Gasteiger partial charge in [-0.05, 0) is 43.9 Å². The molecule has 1 aliphatic rings. The summed E-state index contributed by atoms with van der Waals surface area (Å²) < 4.78 is 22.9. The van der Waals surface area contributed by atoms with E-state index < -0.39 is 10.0 Å². The van der Waals surface area contributed by atoms with E-state index in [0.29, 0.717) is 11.5 Å². The summed E-state index contributed by atoms with van der Waals surface area (Å²) in [5.41, 5.74) is 0.786. The molecule has 1 atom stereocenters. The van der Waals surface area contributed by atoms with Gasteiger partial charge in [0.15, 0.2) is 0 Å². The van der Waals surface area contributed by atoms with Crippen molar-refractivity contribution < 1.29 is 13.2 Å². The van der Waals surface area contributed by atoms with Gasteiger partial charge in [-0.1, -0.05) is 24.4 Å². The molecule has 1 saturated carbocycles. The third kappa shape index (κ3) is 4.18. The average molecular weight is 331 g/mol. The Kier molecular flexibility index (Phi) is 4.60. The molecule has 0 spiro atoms. The molecule has 0 saturated heterocycles. The first-order chi connectivity index (χ1) is 9.68. The zero-order valence-corrected chi connectivity index (χ0v) is 13.6. The van der Waals surface area contributed by atoms with Gasteiger partial charge in [0.05, 0.1) is 4.90 Å². The summed E-state index contributed by atoms with van der Waals surface area (Å²) >= 11 is 6.00. The predicted molar refractivity (Wildman–Crippen MR) is 81.8 cm³/mol. The van der Waals surface area contributed by atoms with Crippen LogP contribution < -0.4 is 10.5 Å². The Balaban J connectivity index is 2.24. The molecule has 5 nitrogen and oxygen atoms in total. The van der Waals surface area contributed by atoms with Crippen molar-refractivity contribution in [2.24, 2.45) is 11.1 Å². The van der Waals surface area contributed by atoms with Crippen molar-refractivity contribution in [1.82, 2.24) is 5.32 Å². The van der Waals surface area contributed by atoms with E-state index in [4.69, 9.17) is 16.7 Å². The Morgan fingerprint density at radius 3 is 2.62 bits per heavy atom. The monoisotopic (exact) mass is 330 g/mol. The van der Waals surface area contributed by atoms with Gasteiger partial charge in [0.2, 0.25) is 10.0 Å². The summed E-state index contributed by atoms with van der Waals surface area (Å²) in [6.07, 6.45) is 3.37. The maximum absolute atomic E-state index is 12.3. The zero-order chi connectivity index (χ0) is 15.8. The summed E-state index contributed by atoms with van der Waals surface area (Å²) in [6.45, 7) is 3.62. The number of hydrogen-bond donors (Lipinski definition) is 2. The quantitative estimate of drug-likeness (QED) is 0.867. The van der Waals surface area contributed by atoms with Crippen molar-refractivity contribution in [2.75, 3.05) is 0 Å². The van der Waals surface area contributed by atoms with Crippen LogP contribution in [-0.2, 0) is 10.0 Å². The van der Waals surface area contributed by atoms with Gasteiger partial charge >= 0.3 is 0 Å². The highest BCUT2D eigenvalue weighted by molar-refractivity contribution is 7.89. The molecule has 1 unspecified atom stereocenters. The van der Waals surface area contributed by atoms with Gasteiger partial charge in [-0.25, -0.2) is 13.6 Å². The Bertz CT molecular complexity index is 669. The molecule has 1 aromatic carbocycles. The fourth-order valence-corrected chi connectivity index (χ4v) is 3.12. The molecule has 2 rings (SSSR count). The van der Waals surface area contributed by atoms with Gasteiger partial charge in [0, 0.05) is 16.6 Å². The molecule has 116 valence electrons. The lowest BCUT2D eigenvalue weighted by atomic mass is 10.1. The van der Waals surface area contributed by atoms with Crippen molar-refractivity contribution in [3.05, 3.63) is 28.3 Å². The third-order valence-corrected chi connectivity index (χ3v) is 4.94. The highest BCUT2D eigenvalue weighted by atomic mass is 35.5.